The van der Waals surface area contributed by atoms with Crippen LogP contribution in [-0.4, -0.2) is 34.0 Å². The monoisotopic (exact) mass is 467 g/mol. The molecule has 0 saturated carbocycles. The van der Waals surface area contributed by atoms with Crippen LogP contribution >= 0.6 is 11.3 Å². The average Bonchev–Trinajstić information content (AvgIpc) is 3.30. The SMILES string of the molecule is O=C(Nc1nc2c(s1)CN(C(=O)c1ccccc1)CC2)c1ccccc1C(=O)c1ccccc1. The Morgan fingerprint density at radius 2 is 1.41 bits per heavy atom. The second kappa shape index (κ2) is 9.41. The van der Waals surface area contributed by atoms with Gasteiger partial charge in [-0.05, 0) is 18.2 Å². The van der Waals surface area contributed by atoms with Gasteiger partial charge in [0.25, 0.3) is 11.8 Å². The molecule has 1 aliphatic heterocycles. The first-order valence-corrected chi connectivity index (χ1v) is 11.7. The van der Waals surface area contributed by atoms with Crippen LogP contribution in [0.25, 0.3) is 0 Å². The molecule has 0 atom stereocenters. The van der Waals surface area contributed by atoms with Crippen LogP contribution in [0.5, 0.6) is 0 Å². The average molecular weight is 468 g/mol. The molecule has 4 aromatic rings. The van der Waals surface area contributed by atoms with Gasteiger partial charge in [-0.25, -0.2) is 4.98 Å². The summed E-state index contributed by atoms with van der Waals surface area (Å²) in [5.41, 5.74) is 2.71. The van der Waals surface area contributed by atoms with Crippen LogP contribution in [0.1, 0.15) is 47.2 Å². The third kappa shape index (κ3) is 4.38. The van der Waals surface area contributed by atoms with Crippen molar-refractivity contribution in [1.29, 1.82) is 0 Å². The van der Waals surface area contributed by atoms with E-state index in [4.69, 9.17) is 0 Å². The number of benzene rings is 3. The molecule has 0 radical (unpaired) electrons. The van der Waals surface area contributed by atoms with E-state index in [0.29, 0.717) is 46.9 Å². The third-order valence-corrected chi connectivity index (χ3v) is 6.71. The second-order valence-electron chi connectivity index (χ2n) is 7.93. The van der Waals surface area contributed by atoms with Gasteiger partial charge in [-0.15, -0.1) is 0 Å². The van der Waals surface area contributed by atoms with Crippen molar-refractivity contribution in [3.8, 4) is 0 Å². The fourth-order valence-electron chi connectivity index (χ4n) is 3.97. The molecular formula is C27H21N3O3S. The lowest BCUT2D eigenvalue weighted by Crippen LogP contribution is -2.35. The minimum atomic E-state index is -0.386. The molecular weight excluding hydrogens is 446 g/mol. The summed E-state index contributed by atoms with van der Waals surface area (Å²) >= 11 is 1.36. The molecule has 3 aromatic carbocycles. The van der Waals surface area contributed by atoms with E-state index in [0.717, 1.165) is 10.6 Å². The van der Waals surface area contributed by atoms with Crippen molar-refractivity contribution < 1.29 is 14.4 Å². The first-order valence-electron chi connectivity index (χ1n) is 10.9. The minimum absolute atomic E-state index is 0.0152. The number of amides is 2. The highest BCUT2D eigenvalue weighted by Crippen LogP contribution is 2.29. The van der Waals surface area contributed by atoms with E-state index >= 15 is 0 Å². The summed E-state index contributed by atoms with van der Waals surface area (Å²) in [4.78, 5) is 46.2. The number of carbonyl (C=O) groups excluding carboxylic acids is 3. The lowest BCUT2D eigenvalue weighted by atomic mass is 9.98. The van der Waals surface area contributed by atoms with E-state index in [1.165, 1.54) is 11.3 Å². The number of nitrogens with one attached hydrogen (secondary N) is 1. The summed E-state index contributed by atoms with van der Waals surface area (Å²) in [5.74, 6) is -0.610. The van der Waals surface area contributed by atoms with Gasteiger partial charge in [0.05, 0.1) is 17.8 Å². The van der Waals surface area contributed by atoms with Crippen molar-refractivity contribution in [3.05, 3.63) is 118 Å². The number of anilines is 1. The van der Waals surface area contributed by atoms with E-state index in [-0.39, 0.29) is 17.6 Å². The van der Waals surface area contributed by atoms with Gasteiger partial charge < -0.3 is 4.90 Å². The summed E-state index contributed by atoms with van der Waals surface area (Å²) in [6.45, 7) is 1.03. The Labute approximate surface area is 200 Å². The summed E-state index contributed by atoms with van der Waals surface area (Å²) < 4.78 is 0. The third-order valence-electron chi connectivity index (χ3n) is 5.71. The Morgan fingerprint density at radius 3 is 2.12 bits per heavy atom. The Bertz CT molecular complexity index is 1370. The topological polar surface area (TPSA) is 79.4 Å². The molecule has 6 nitrogen and oxygen atoms in total. The van der Waals surface area contributed by atoms with Gasteiger partial charge in [0.1, 0.15) is 0 Å². The molecule has 5 rings (SSSR count). The van der Waals surface area contributed by atoms with Gasteiger partial charge in [-0.1, -0.05) is 78.1 Å². The van der Waals surface area contributed by atoms with Crippen molar-refractivity contribution in [1.82, 2.24) is 9.88 Å². The fourth-order valence-corrected chi connectivity index (χ4v) is 4.99. The number of hydrogen-bond donors (Lipinski definition) is 1. The van der Waals surface area contributed by atoms with E-state index in [1.807, 2.05) is 36.4 Å². The number of fused-ring (bicyclic) bond motifs is 1. The Balaban J connectivity index is 1.33. The molecule has 0 fully saturated rings. The van der Waals surface area contributed by atoms with Gasteiger partial charge in [0.2, 0.25) is 0 Å². The zero-order chi connectivity index (χ0) is 23.5. The number of thiazole rings is 1. The lowest BCUT2D eigenvalue weighted by molar-refractivity contribution is 0.0736. The highest BCUT2D eigenvalue weighted by atomic mass is 32.1. The maximum Gasteiger partial charge on any atom is 0.258 e. The molecule has 34 heavy (non-hydrogen) atoms. The van der Waals surface area contributed by atoms with Crippen molar-refractivity contribution in [2.75, 3.05) is 11.9 Å². The van der Waals surface area contributed by atoms with Crippen molar-refractivity contribution in [2.24, 2.45) is 0 Å². The number of nitrogens with zero attached hydrogens (tertiary/aromatic N) is 2. The molecule has 168 valence electrons. The first-order chi connectivity index (χ1) is 16.6. The standard InChI is InChI=1S/C27H21N3O3S/c31-24(18-9-3-1-4-10-18)20-13-7-8-14-21(20)25(32)29-27-28-22-15-16-30(17-23(22)34-27)26(33)19-11-5-2-6-12-19/h1-14H,15-17H2,(H,28,29,32). The largest absolute Gasteiger partial charge is 0.333 e. The molecule has 0 saturated heterocycles. The van der Waals surface area contributed by atoms with E-state index in [9.17, 15) is 14.4 Å². The molecule has 1 aromatic heterocycles. The number of hydrogen-bond acceptors (Lipinski definition) is 5. The summed E-state index contributed by atoms with van der Waals surface area (Å²) in [6, 6.07) is 24.9. The van der Waals surface area contributed by atoms with Crippen LogP contribution in [0.4, 0.5) is 5.13 Å². The maximum atomic E-state index is 13.1. The van der Waals surface area contributed by atoms with Crippen LogP contribution in [0.3, 0.4) is 0 Å². The van der Waals surface area contributed by atoms with Gasteiger partial charge in [-0.2, -0.15) is 0 Å². The molecule has 1 aliphatic rings. The molecule has 0 spiro atoms. The first kappa shape index (κ1) is 21.7. The predicted molar refractivity (Wildman–Crippen MR) is 131 cm³/mol. The highest BCUT2D eigenvalue weighted by Gasteiger charge is 2.26. The predicted octanol–water partition coefficient (Wildman–Crippen LogP) is 4.82. The van der Waals surface area contributed by atoms with Crippen molar-refractivity contribution in [2.45, 2.75) is 13.0 Å². The zero-order valence-corrected chi connectivity index (χ0v) is 19.0. The Kier molecular flexibility index (Phi) is 6.01. The van der Waals surface area contributed by atoms with Crippen LogP contribution in [-0.2, 0) is 13.0 Å². The molecule has 0 unspecified atom stereocenters. The van der Waals surface area contributed by atoms with E-state index in [1.54, 1.807) is 53.4 Å². The smallest absolute Gasteiger partial charge is 0.258 e. The van der Waals surface area contributed by atoms with Gasteiger partial charge in [-0.3, -0.25) is 19.7 Å². The minimum Gasteiger partial charge on any atom is -0.333 e. The van der Waals surface area contributed by atoms with Crippen molar-refractivity contribution >= 4 is 34.1 Å². The van der Waals surface area contributed by atoms with E-state index in [2.05, 4.69) is 10.3 Å². The van der Waals surface area contributed by atoms with Crippen molar-refractivity contribution in [3.63, 3.8) is 0 Å². The van der Waals surface area contributed by atoms with Crippen LogP contribution < -0.4 is 5.32 Å². The van der Waals surface area contributed by atoms with Crippen LogP contribution in [0.15, 0.2) is 84.9 Å². The Hall–Kier alpha value is -4.10. The zero-order valence-electron chi connectivity index (χ0n) is 18.2. The molecule has 1 N–H and O–H groups in total. The molecule has 2 heterocycles. The lowest BCUT2D eigenvalue weighted by Gasteiger charge is -2.26. The summed E-state index contributed by atoms with van der Waals surface area (Å²) in [5, 5.41) is 3.31. The Morgan fingerprint density at radius 1 is 0.794 bits per heavy atom. The number of ketones is 1. The number of rotatable bonds is 5. The van der Waals surface area contributed by atoms with Gasteiger partial charge in [0.15, 0.2) is 10.9 Å². The molecule has 0 bridgehead atoms. The van der Waals surface area contributed by atoms with Gasteiger partial charge in [0, 0.05) is 34.5 Å². The number of aromatic nitrogens is 1. The molecule has 0 aliphatic carbocycles. The normalized spacial score (nSPS) is 12.6. The molecule has 2 amide bonds. The maximum absolute atomic E-state index is 13.1. The quantitative estimate of drug-likeness (QED) is 0.427. The van der Waals surface area contributed by atoms with Crippen LogP contribution in [0.2, 0.25) is 0 Å². The van der Waals surface area contributed by atoms with Gasteiger partial charge >= 0.3 is 0 Å². The highest BCUT2D eigenvalue weighted by molar-refractivity contribution is 7.15. The number of carbonyl (C=O) groups is 3. The second-order valence-corrected chi connectivity index (χ2v) is 9.01. The van der Waals surface area contributed by atoms with E-state index < -0.39 is 0 Å². The van der Waals surface area contributed by atoms with Crippen LogP contribution in [0, 0.1) is 0 Å². The summed E-state index contributed by atoms with van der Waals surface area (Å²) in [6.07, 6.45) is 0.628. The fraction of sp³-hybridized carbons (Fsp3) is 0.111. The summed E-state index contributed by atoms with van der Waals surface area (Å²) in [7, 11) is 0. The molecule has 7 heteroatoms.